The Labute approximate surface area is 107 Å². The maximum absolute atomic E-state index is 13.5. The third-order valence-electron chi connectivity index (χ3n) is 2.43. The second-order valence-corrected chi connectivity index (χ2v) is 4.83. The van der Waals surface area contributed by atoms with Gasteiger partial charge in [0.1, 0.15) is 16.5 Å². The number of benzene rings is 1. The molecule has 1 heterocycles. The average molecular weight is 303 g/mol. The van der Waals surface area contributed by atoms with Crippen LogP contribution in [-0.2, 0) is 6.42 Å². The molecule has 4 heteroatoms. The molecule has 0 radical (unpaired) electrons. The smallest absolute Gasteiger partial charge is 0.149 e. The molecule has 0 unspecified atom stereocenters. The Hall–Kier alpha value is -0.670. The zero-order valence-corrected chi connectivity index (χ0v) is 11.1. The van der Waals surface area contributed by atoms with Gasteiger partial charge >= 0.3 is 0 Å². The van der Waals surface area contributed by atoms with Gasteiger partial charge in [-0.2, -0.15) is 0 Å². The van der Waals surface area contributed by atoms with Crippen LogP contribution in [0, 0.1) is 5.82 Å². The molecule has 2 aromatic rings. The summed E-state index contributed by atoms with van der Waals surface area (Å²) in [7, 11) is 0. The van der Waals surface area contributed by atoms with E-state index in [1.807, 2.05) is 6.07 Å². The Morgan fingerprint density at radius 1 is 1.44 bits per heavy atom. The number of hydrogen-bond donors (Lipinski definition) is 0. The number of aromatic nitrogens is 1. The van der Waals surface area contributed by atoms with Crippen molar-refractivity contribution in [3.63, 3.8) is 0 Å². The number of aryl methyl sites for hydroxylation is 1. The van der Waals surface area contributed by atoms with Crippen molar-refractivity contribution in [3.05, 3.63) is 39.2 Å². The predicted octanol–water partition coefficient (Wildman–Crippen LogP) is 4.74. The summed E-state index contributed by atoms with van der Waals surface area (Å²) in [4.78, 5) is 4.12. The fraction of sp³-hybridized carbons (Fsp3) is 0.250. The molecule has 2 rings (SSSR count). The van der Waals surface area contributed by atoms with E-state index in [1.54, 1.807) is 6.07 Å². The molecule has 16 heavy (non-hydrogen) atoms. The number of nitrogens with zero attached hydrogens (tertiary/aromatic N) is 1. The van der Waals surface area contributed by atoms with Crippen molar-refractivity contribution in [3.8, 4) is 0 Å². The molecule has 1 aromatic carbocycles. The third kappa shape index (κ3) is 2.06. The molecule has 1 nitrogen and oxygen atoms in total. The van der Waals surface area contributed by atoms with Crippen molar-refractivity contribution in [1.82, 2.24) is 4.98 Å². The summed E-state index contributed by atoms with van der Waals surface area (Å²) in [5.41, 5.74) is 1.28. The Bertz CT molecular complexity index is 542. The lowest BCUT2D eigenvalue weighted by molar-refractivity contribution is 0.636. The number of pyridine rings is 1. The van der Waals surface area contributed by atoms with Crippen LogP contribution in [0.3, 0.4) is 0 Å². The Balaban J connectivity index is 2.73. The van der Waals surface area contributed by atoms with Gasteiger partial charge in [0.15, 0.2) is 0 Å². The molecule has 1 aromatic heterocycles. The normalized spacial score (nSPS) is 11.0. The van der Waals surface area contributed by atoms with Crippen LogP contribution in [0.4, 0.5) is 4.39 Å². The van der Waals surface area contributed by atoms with Gasteiger partial charge in [-0.05, 0) is 30.2 Å². The first-order valence-electron chi connectivity index (χ1n) is 5.06. The van der Waals surface area contributed by atoms with E-state index >= 15 is 0 Å². The molecule has 0 N–H and O–H groups in total. The van der Waals surface area contributed by atoms with Crippen molar-refractivity contribution in [2.45, 2.75) is 19.8 Å². The maximum Gasteiger partial charge on any atom is 0.149 e. The van der Waals surface area contributed by atoms with Crippen LogP contribution in [-0.4, -0.2) is 4.98 Å². The highest BCUT2D eigenvalue weighted by Crippen LogP contribution is 2.29. The van der Waals surface area contributed by atoms with E-state index in [9.17, 15) is 4.39 Å². The van der Waals surface area contributed by atoms with Gasteiger partial charge in [0.2, 0.25) is 0 Å². The minimum absolute atomic E-state index is 0.319. The Morgan fingerprint density at radius 2 is 2.19 bits per heavy atom. The summed E-state index contributed by atoms with van der Waals surface area (Å²) in [5, 5.41) is 1.17. The highest BCUT2D eigenvalue weighted by molar-refractivity contribution is 9.10. The molecule has 0 saturated heterocycles. The molecule has 0 atom stereocenters. The maximum atomic E-state index is 13.5. The van der Waals surface area contributed by atoms with E-state index in [1.165, 1.54) is 6.07 Å². The van der Waals surface area contributed by atoms with Gasteiger partial charge in [0.25, 0.3) is 0 Å². The van der Waals surface area contributed by atoms with Gasteiger partial charge in [-0.25, -0.2) is 9.37 Å². The van der Waals surface area contributed by atoms with Crippen LogP contribution in [0.25, 0.3) is 10.9 Å². The standard InChI is InChI=1S/C12H10BrClFN/c1-2-3-7-6-8-9(13)4-5-10(15)11(8)16-12(7)14/h4-6H,2-3H2,1H3. The van der Waals surface area contributed by atoms with Crippen molar-refractivity contribution in [1.29, 1.82) is 0 Å². The molecule has 84 valence electrons. The molecular weight excluding hydrogens is 292 g/mol. The monoisotopic (exact) mass is 301 g/mol. The van der Waals surface area contributed by atoms with Crippen LogP contribution in [0.1, 0.15) is 18.9 Å². The van der Waals surface area contributed by atoms with Gasteiger partial charge in [-0.3, -0.25) is 0 Å². The molecule has 0 amide bonds. The van der Waals surface area contributed by atoms with Crippen molar-refractivity contribution < 1.29 is 4.39 Å². The SMILES string of the molecule is CCCc1cc2c(Br)ccc(F)c2nc1Cl. The summed E-state index contributed by atoms with van der Waals surface area (Å²) in [6.45, 7) is 2.07. The van der Waals surface area contributed by atoms with E-state index in [-0.39, 0.29) is 5.82 Å². The summed E-state index contributed by atoms with van der Waals surface area (Å²) >= 11 is 9.40. The van der Waals surface area contributed by atoms with Crippen LogP contribution < -0.4 is 0 Å². The molecule has 0 fully saturated rings. The highest BCUT2D eigenvalue weighted by Gasteiger charge is 2.10. The zero-order valence-electron chi connectivity index (χ0n) is 8.73. The van der Waals surface area contributed by atoms with Crippen molar-refractivity contribution in [2.24, 2.45) is 0 Å². The third-order valence-corrected chi connectivity index (χ3v) is 3.45. The Kier molecular flexibility index (Phi) is 3.45. The summed E-state index contributed by atoms with van der Waals surface area (Å²) in [6, 6.07) is 4.97. The van der Waals surface area contributed by atoms with Gasteiger partial charge in [-0.1, -0.05) is 40.9 Å². The number of rotatable bonds is 2. The molecule has 0 bridgehead atoms. The number of fused-ring (bicyclic) bond motifs is 1. The van der Waals surface area contributed by atoms with Gasteiger partial charge < -0.3 is 0 Å². The number of halogens is 3. The van der Waals surface area contributed by atoms with E-state index < -0.39 is 0 Å². The topological polar surface area (TPSA) is 12.9 Å². The van der Waals surface area contributed by atoms with Crippen LogP contribution in [0.2, 0.25) is 5.15 Å². The lowest BCUT2D eigenvalue weighted by atomic mass is 10.1. The van der Waals surface area contributed by atoms with Crippen LogP contribution >= 0.6 is 27.5 Å². The highest BCUT2D eigenvalue weighted by atomic mass is 79.9. The molecule has 0 aliphatic carbocycles. The summed E-state index contributed by atoms with van der Waals surface area (Å²) < 4.78 is 14.4. The van der Waals surface area contributed by atoms with Crippen molar-refractivity contribution >= 4 is 38.4 Å². The molecule has 0 aliphatic rings. The average Bonchev–Trinajstić information content (AvgIpc) is 2.26. The lowest BCUT2D eigenvalue weighted by Crippen LogP contribution is -1.92. The largest absolute Gasteiger partial charge is 0.233 e. The van der Waals surface area contributed by atoms with E-state index in [4.69, 9.17) is 11.6 Å². The van der Waals surface area contributed by atoms with Crippen LogP contribution in [0.15, 0.2) is 22.7 Å². The first kappa shape index (κ1) is 11.8. The molecule has 0 saturated carbocycles. The minimum atomic E-state index is -0.344. The van der Waals surface area contributed by atoms with E-state index in [0.717, 1.165) is 28.3 Å². The fourth-order valence-electron chi connectivity index (χ4n) is 1.66. The van der Waals surface area contributed by atoms with Crippen LogP contribution in [0.5, 0.6) is 0 Å². The second-order valence-electron chi connectivity index (χ2n) is 3.61. The summed E-state index contributed by atoms with van der Waals surface area (Å²) in [6.07, 6.45) is 1.84. The van der Waals surface area contributed by atoms with Crippen molar-refractivity contribution in [2.75, 3.05) is 0 Å². The van der Waals surface area contributed by atoms with E-state index in [0.29, 0.717) is 10.7 Å². The number of hydrogen-bond acceptors (Lipinski definition) is 1. The summed E-state index contributed by atoms with van der Waals surface area (Å²) in [5.74, 6) is -0.344. The quantitative estimate of drug-likeness (QED) is 0.730. The van der Waals surface area contributed by atoms with Gasteiger partial charge in [0, 0.05) is 9.86 Å². The first-order valence-corrected chi connectivity index (χ1v) is 6.23. The van der Waals surface area contributed by atoms with Gasteiger partial charge in [-0.15, -0.1) is 0 Å². The van der Waals surface area contributed by atoms with Gasteiger partial charge in [0.05, 0.1) is 0 Å². The first-order chi connectivity index (χ1) is 7.63. The Morgan fingerprint density at radius 3 is 2.88 bits per heavy atom. The zero-order chi connectivity index (χ0) is 11.7. The fourth-order valence-corrected chi connectivity index (χ4v) is 2.32. The molecule has 0 spiro atoms. The predicted molar refractivity (Wildman–Crippen MR) is 68.4 cm³/mol. The second kappa shape index (κ2) is 4.68. The molecule has 0 aliphatic heterocycles. The lowest BCUT2D eigenvalue weighted by Gasteiger charge is -2.06. The molecular formula is C12H10BrClFN. The minimum Gasteiger partial charge on any atom is -0.233 e. The van der Waals surface area contributed by atoms with E-state index in [2.05, 4.69) is 27.8 Å².